The molecule has 0 bridgehead atoms. The topological polar surface area (TPSA) is 48.9 Å². The molecule has 1 aliphatic rings. The standard InChI is InChI=1S/C20H31F3N4O/c1-2-24-19(26-18-9-12-27(15-18)16-20(21,22)23)25-11-6-13-28-14-10-17-7-4-3-5-8-17/h3-5,7-8,18H,2,6,9-16H2,1H3,(H2,24,25,26). The molecule has 0 radical (unpaired) electrons. The van der Waals surface area contributed by atoms with E-state index in [0.717, 1.165) is 12.8 Å². The highest BCUT2D eigenvalue weighted by atomic mass is 19.4. The maximum atomic E-state index is 12.5. The maximum Gasteiger partial charge on any atom is 0.401 e. The van der Waals surface area contributed by atoms with Crippen molar-refractivity contribution in [3.8, 4) is 0 Å². The monoisotopic (exact) mass is 400 g/mol. The van der Waals surface area contributed by atoms with Gasteiger partial charge in [0.25, 0.3) is 0 Å². The van der Waals surface area contributed by atoms with E-state index >= 15 is 0 Å². The summed E-state index contributed by atoms with van der Waals surface area (Å²) in [6, 6.07) is 10.2. The van der Waals surface area contributed by atoms with E-state index in [-0.39, 0.29) is 6.04 Å². The van der Waals surface area contributed by atoms with Gasteiger partial charge in [-0.15, -0.1) is 0 Å². The number of benzene rings is 1. The highest BCUT2D eigenvalue weighted by Gasteiger charge is 2.34. The van der Waals surface area contributed by atoms with Crippen LogP contribution < -0.4 is 10.6 Å². The largest absolute Gasteiger partial charge is 0.401 e. The Morgan fingerprint density at radius 1 is 1.25 bits per heavy atom. The number of nitrogens with zero attached hydrogens (tertiary/aromatic N) is 2. The molecular weight excluding hydrogens is 369 g/mol. The number of rotatable bonds is 10. The third-order valence-electron chi connectivity index (χ3n) is 4.45. The van der Waals surface area contributed by atoms with Gasteiger partial charge in [-0.25, -0.2) is 0 Å². The van der Waals surface area contributed by atoms with Crippen molar-refractivity contribution in [1.82, 2.24) is 15.5 Å². The van der Waals surface area contributed by atoms with Gasteiger partial charge in [-0.3, -0.25) is 9.89 Å². The van der Waals surface area contributed by atoms with Crippen LogP contribution in [0.2, 0.25) is 0 Å². The van der Waals surface area contributed by atoms with Gasteiger partial charge in [0.2, 0.25) is 0 Å². The second-order valence-electron chi connectivity index (χ2n) is 6.94. The van der Waals surface area contributed by atoms with Crippen molar-refractivity contribution in [3.63, 3.8) is 0 Å². The number of halogens is 3. The van der Waals surface area contributed by atoms with Gasteiger partial charge < -0.3 is 15.4 Å². The summed E-state index contributed by atoms with van der Waals surface area (Å²) in [6.45, 7) is 4.59. The first-order valence-electron chi connectivity index (χ1n) is 9.92. The normalized spacial score (nSPS) is 18.4. The molecule has 0 spiro atoms. The molecule has 1 unspecified atom stereocenters. The summed E-state index contributed by atoms with van der Waals surface area (Å²) in [6.07, 6.45) is -1.77. The lowest BCUT2D eigenvalue weighted by Gasteiger charge is -2.19. The zero-order valence-corrected chi connectivity index (χ0v) is 16.5. The molecule has 1 aromatic rings. The van der Waals surface area contributed by atoms with Gasteiger partial charge in [0, 0.05) is 38.8 Å². The van der Waals surface area contributed by atoms with E-state index in [0.29, 0.717) is 51.8 Å². The Morgan fingerprint density at radius 2 is 2.04 bits per heavy atom. The smallest absolute Gasteiger partial charge is 0.381 e. The third-order valence-corrected chi connectivity index (χ3v) is 4.45. The molecule has 1 aromatic carbocycles. The number of hydrogen-bond acceptors (Lipinski definition) is 3. The van der Waals surface area contributed by atoms with E-state index < -0.39 is 12.7 Å². The molecule has 5 nitrogen and oxygen atoms in total. The van der Waals surface area contributed by atoms with Crippen molar-refractivity contribution in [2.75, 3.05) is 45.9 Å². The summed E-state index contributed by atoms with van der Waals surface area (Å²) in [5.74, 6) is 0.658. The highest BCUT2D eigenvalue weighted by Crippen LogP contribution is 2.19. The van der Waals surface area contributed by atoms with Crippen molar-refractivity contribution >= 4 is 5.96 Å². The van der Waals surface area contributed by atoms with Gasteiger partial charge in [-0.2, -0.15) is 13.2 Å². The fourth-order valence-corrected chi connectivity index (χ4v) is 3.16. The lowest BCUT2D eigenvalue weighted by molar-refractivity contribution is -0.143. The van der Waals surface area contributed by atoms with Crippen molar-refractivity contribution in [2.45, 2.75) is 38.4 Å². The Bertz CT molecular complexity index is 581. The molecule has 28 heavy (non-hydrogen) atoms. The second-order valence-corrected chi connectivity index (χ2v) is 6.94. The Labute approximate surface area is 165 Å². The van der Waals surface area contributed by atoms with Crippen LogP contribution in [0.3, 0.4) is 0 Å². The van der Waals surface area contributed by atoms with Gasteiger partial charge in [0.15, 0.2) is 5.96 Å². The first-order chi connectivity index (χ1) is 13.5. The van der Waals surface area contributed by atoms with Crippen LogP contribution in [0.25, 0.3) is 0 Å². The quantitative estimate of drug-likeness (QED) is 0.360. The predicted molar refractivity (Wildman–Crippen MR) is 106 cm³/mol. The Morgan fingerprint density at radius 3 is 2.75 bits per heavy atom. The van der Waals surface area contributed by atoms with Gasteiger partial charge in [0.05, 0.1) is 13.2 Å². The molecule has 0 saturated carbocycles. The van der Waals surface area contributed by atoms with E-state index in [4.69, 9.17) is 4.74 Å². The summed E-state index contributed by atoms with van der Waals surface area (Å²) in [4.78, 5) is 5.94. The molecule has 2 rings (SSSR count). The summed E-state index contributed by atoms with van der Waals surface area (Å²) in [5.41, 5.74) is 1.26. The van der Waals surface area contributed by atoms with Crippen LogP contribution >= 0.6 is 0 Å². The highest BCUT2D eigenvalue weighted by molar-refractivity contribution is 5.80. The van der Waals surface area contributed by atoms with Crippen LogP contribution in [0.1, 0.15) is 25.3 Å². The first kappa shape index (κ1) is 22.5. The van der Waals surface area contributed by atoms with E-state index in [9.17, 15) is 13.2 Å². The van der Waals surface area contributed by atoms with Crippen molar-refractivity contribution in [3.05, 3.63) is 35.9 Å². The summed E-state index contributed by atoms with van der Waals surface area (Å²) >= 11 is 0. The molecule has 158 valence electrons. The molecule has 8 heteroatoms. The van der Waals surface area contributed by atoms with Gasteiger partial charge in [-0.1, -0.05) is 30.3 Å². The lowest BCUT2D eigenvalue weighted by Crippen LogP contribution is -2.45. The number of aliphatic imine (C=N–C) groups is 1. The average Bonchev–Trinajstić information content (AvgIpc) is 3.06. The van der Waals surface area contributed by atoms with Crippen LogP contribution in [0.4, 0.5) is 13.2 Å². The number of alkyl halides is 3. The minimum Gasteiger partial charge on any atom is -0.381 e. The number of guanidine groups is 1. The van der Waals surface area contributed by atoms with E-state index in [1.165, 1.54) is 10.5 Å². The Balaban J connectivity index is 1.62. The van der Waals surface area contributed by atoms with Crippen LogP contribution in [-0.4, -0.2) is 69.0 Å². The SMILES string of the molecule is CCNC(=NCCCOCCc1ccccc1)NC1CCN(CC(F)(F)F)C1. The first-order valence-corrected chi connectivity index (χ1v) is 9.92. The Kier molecular flexibility index (Phi) is 9.57. The van der Waals surface area contributed by atoms with Crippen LogP contribution in [0.5, 0.6) is 0 Å². The third kappa shape index (κ3) is 9.41. The van der Waals surface area contributed by atoms with Crippen molar-refractivity contribution in [2.24, 2.45) is 4.99 Å². The molecule has 1 fully saturated rings. The minimum absolute atomic E-state index is 0.0118. The average molecular weight is 400 g/mol. The minimum atomic E-state index is -4.14. The van der Waals surface area contributed by atoms with E-state index in [2.05, 4.69) is 27.8 Å². The van der Waals surface area contributed by atoms with Crippen molar-refractivity contribution in [1.29, 1.82) is 0 Å². The zero-order chi connectivity index (χ0) is 20.2. The van der Waals surface area contributed by atoms with Crippen LogP contribution in [-0.2, 0) is 11.2 Å². The molecule has 0 aromatic heterocycles. The van der Waals surface area contributed by atoms with Gasteiger partial charge in [0.1, 0.15) is 0 Å². The zero-order valence-electron chi connectivity index (χ0n) is 16.5. The summed E-state index contributed by atoms with van der Waals surface area (Å²) < 4.78 is 43.1. The maximum absolute atomic E-state index is 12.5. The second kappa shape index (κ2) is 11.9. The number of nitrogens with one attached hydrogen (secondary N) is 2. The van der Waals surface area contributed by atoms with E-state index in [1.807, 2.05) is 25.1 Å². The van der Waals surface area contributed by atoms with E-state index in [1.54, 1.807) is 0 Å². The molecule has 1 heterocycles. The molecule has 2 N–H and O–H groups in total. The number of ether oxygens (including phenoxy) is 1. The van der Waals surface area contributed by atoms with Gasteiger partial charge in [-0.05, 0) is 31.7 Å². The molecular formula is C20H31F3N4O. The van der Waals surface area contributed by atoms with Gasteiger partial charge >= 0.3 is 6.18 Å². The lowest BCUT2D eigenvalue weighted by atomic mass is 10.2. The molecule has 0 amide bonds. The fourth-order valence-electron chi connectivity index (χ4n) is 3.16. The van der Waals surface area contributed by atoms with Crippen LogP contribution in [0.15, 0.2) is 35.3 Å². The Hall–Kier alpha value is -1.80. The van der Waals surface area contributed by atoms with Crippen LogP contribution in [0, 0.1) is 0 Å². The molecule has 0 aliphatic carbocycles. The summed E-state index contributed by atoms with van der Waals surface area (Å²) in [7, 11) is 0. The summed E-state index contributed by atoms with van der Waals surface area (Å²) in [5, 5.41) is 6.40. The van der Waals surface area contributed by atoms with Crippen molar-refractivity contribution < 1.29 is 17.9 Å². The number of likely N-dealkylation sites (tertiary alicyclic amines) is 1. The molecule has 1 saturated heterocycles. The molecule has 1 aliphatic heterocycles. The number of hydrogen-bond donors (Lipinski definition) is 2. The predicted octanol–water partition coefficient (Wildman–Crippen LogP) is 2.83. The molecule has 1 atom stereocenters. The fraction of sp³-hybridized carbons (Fsp3) is 0.650.